The molecule has 4 rings (SSSR count). The third-order valence-electron chi connectivity index (χ3n) is 6.98. The molecule has 2 aliphatic rings. The molecule has 1 aromatic carbocycles. The Labute approximate surface area is 204 Å². The van der Waals surface area contributed by atoms with Crippen LogP contribution in [0.15, 0.2) is 18.2 Å². The van der Waals surface area contributed by atoms with Crippen molar-refractivity contribution in [2.75, 3.05) is 39.3 Å². The smallest absolute Gasteiger partial charge is 0.270 e. The topological polar surface area (TPSA) is 48.8 Å². The highest BCUT2D eigenvalue weighted by Gasteiger charge is 2.37. The average Bonchev–Trinajstić information content (AvgIpc) is 3.18. The minimum atomic E-state index is -2.72. The van der Waals surface area contributed by atoms with Gasteiger partial charge in [0.15, 0.2) is 0 Å². The molecule has 0 N–H and O–H groups in total. The average molecular weight is 495 g/mol. The summed E-state index contributed by atoms with van der Waals surface area (Å²) in [6.45, 7) is 11.2. The van der Waals surface area contributed by atoms with Gasteiger partial charge >= 0.3 is 0 Å². The highest BCUT2D eigenvalue weighted by atomic mass is 35.5. The van der Waals surface area contributed by atoms with Crippen LogP contribution in [0.1, 0.15) is 67.4 Å². The number of likely N-dealkylation sites (tertiary alicyclic amines) is 1. The van der Waals surface area contributed by atoms with Gasteiger partial charge in [-0.2, -0.15) is 0 Å². The highest BCUT2D eigenvalue weighted by molar-refractivity contribution is 6.36. The Morgan fingerprint density at radius 1 is 0.853 bits per heavy atom. The Balaban J connectivity index is 1.64. The number of carbonyl (C=O) groups is 2. The van der Waals surface area contributed by atoms with Crippen molar-refractivity contribution in [2.45, 2.75) is 58.5 Å². The number of hydrogen-bond donors (Lipinski definition) is 0. The second-order valence-electron chi connectivity index (χ2n) is 9.96. The van der Waals surface area contributed by atoms with Crippen LogP contribution in [0, 0.1) is 0 Å². The third kappa shape index (κ3) is 4.80. The largest absolute Gasteiger partial charge is 0.337 e. The SMILES string of the molecule is CC(C)N1CCN(C(=O)c2cc(Cl)c3c(c2)cc(C(=O)N2CCC(F)(F)CC2)n3C(C)C)CC1. The van der Waals surface area contributed by atoms with Crippen LogP contribution >= 0.6 is 11.6 Å². The molecule has 186 valence electrons. The summed E-state index contributed by atoms with van der Waals surface area (Å²) in [4.78, 5) is 32.2. The van der Waals surface area contributed by atoms with E-state index in [2.05, 4.69) is 18.7 Å². The van der Waals surface area contributed by atoms with E-state index < -0.39 is 5.92 Å². The zero-order valence-corrected chi connectivity index (χ0v) is 21.0. The van der Waals surface area contributed by atoms with Gasteiger partial charge in [-0.25, -0.2) is 8.78 Å². The fraction of sp³-hybridized carbons (Fsp3) is 0.600. The van der Waals surface area contributed by atoms with E-state index in [0.29, 0.717) is 46.3 Å². The first kappa shape index (κ1) is 24.9. The molecule has 0 bridgehead atoms. The van der Waals surface area contributed by atoms with E-state index >= 15 is 0 Å². The lowest BCUT2D eigenvalue weighted by atomic mass is 10.1. The molecule has 0 atom stereocenters. The van der Waals surface area contributed by atoms with E-state index in [1.807, 2.05) is 23.3 Å². The maximum Gasteiger partial charge on any atom is 0.270 e. The van der Waals surface area contributed by atoms with E-state index in [4.69, 9.17) is 11.6 Å². The second-order valence-corrected chi connectivity index (χ2v) is 10.4. The molecule has 0 saturated carbocycles. The van der Waals surface area contributed by atoms with Gasteiger partial charge in [-0.15, -0.1) is 0 Å². The number of piperidine rings is 1. The van der Waals surface area contributed by atoms with E-state index in [1.165, 1.54) is 4.90 Å². The number of aromatic nitrogens is 1. The quantitative estimate of drug-likeness (QED) is 0.606. The summed E-state index contributed by atoms with van der Waals surface area (Å²) in [5.41, 5.74) is 1.59. The summed E-state index contributed by atoms with van der Waals surface area (Å²) in [6.07, 6.45) is -0.658. The van der Waals surface area contributed by atoms with E-state index in [-0.39, 0.29) is 43.8 Å². The first-order valence-corrected chi connectivity index (χ1v) is 12.4. The fourth-order valence-electron chi connectivity index (χ4n) is 4.97. The van der Waals surface area contributed by atoms with Crippen LogP contribution in [0.5, 0.6) is 0 Å². The number of carbonyl (C=O) groups excluding carboxylic acids is 2. The van der Waals surface area contributed by atoms with Crippen molar-refractivity contribution < 1.29 is 18.4 Å². The highest BCUT2D eigenvalue weighted by Crippen LogP contribution is 2.34. The van der Waals surface area contributed by atoms with Crippen LogP contribution in [0.4, 0.5) is 8.78 Å². The molecule has 2 aliphatic heterocycles. The summed E-state index contributed by atoms with van der Waals surface area (Å²) in [5.74, 6) is -3.08. The van der Waals surface area contributed by atoms with Crippen molar-refractivity contribution in [2.24, 2.45) is 0 Å². The number of hydrogen-bond acceptors (Lipinski definition) is 3. The Hall–Kier alpha value is -2.19. The van der Waals surface area contributed by atoms with Gasteiger partial charge in [0.25, 0.3) is 17.7 Å². The minimum absolute atomic E-state index is 0.0191. The molecular weight excluding hydrogens is 462 g/mol. The molecule has 2 amide bonds. The monoisotopic (exact) mass is 494 g/mol. The molecule has 0 spiro atoms. The molecule has 34 heavy (non-hydrogen) atoms. The molecule has 2 aromatic rings. The molecular formula is C25H33ClF2N4O2. The Bertz CT molecular complexity index is 1080. The van der Waals surface area contributed by atoms with Gasteiger partial charge in [0.05, 0.1) is 10.5 Å². The minimum Gasteiger partial charge on any atom is -0.337 e. The van der Waals surface area contributed by atoms with Gasteiger partial charge in [0, 0.05) is 75.1 Å². The van der Waals surface area contributed by atoms with Crippen LogP contribution in [-0.4, -0.2) is 82.3 Å². The van der Waals surface area contributed by atoms with Crippen molar-refractivity contribution in [3.63, 3.8) is 0 Å². The Morgan fingerprint density at radius 3 is 2.00 bits per heavy atom. The summed E-state index contributed by atoms with van der Waals surface area (Å²) >= 11 is 6.68. The summed E-state index contributed by atoms with van der Waals surface area (Å²) in [6, 6.07) is 5.57. The van der Waals surface area contributed by atoms with Gasteiger partial charge in [0.1, 0.15) is 5.69 Å². The molecule has 0 aliphatic carbocycles. The van der Waals surface area contributed by atoms with Crippen LogP contribution in [-0.2, 0) is 0 Å². The zero-order valence-electron chi connectivity index (χ0n) is 20.3. The Morgan fingerprint density at radius 2 is 1.44 bits per heavy atom. The lowest BCUT2D eigenvalue weighted by Crippen LogP contribution is -2.50. The Kier molecular flexibility index (Phi) is 6.93. The standard InChI is InChI=1S/C25H33ClF2N4O2/c1-16(2)29-9-11-31(12-10-29)23(33)19-13-18-15-21(32(17(3)4)22(18)20(26)14-19)24(34)30-7-5-25(27,28)6-8-30/h13-17H,5-12H2,1-4H3. The van der Waals surface area contributed by atoms with Crippen LogP contribution in [0.2, 0.25) is 5.02 Å². The molecule has 3 heterocycles. The van der Waals surface area contributed by atoms with Gasteiger partial charge in [-0.3, -0.25) is 14.5 Å². The molecule has 9 heteroatoms. The summed E-state index contributed by atoms with van der Waals surface area (Å²) in [5, 5.41) is 1.11. The first-order valence-electron chi connectivity index (χ1n) is 12.0. The normalized spacial score (nSPS) is 19.4. The van der Waals surface area contributed by atoms with Gasteiger partial charge in [-0.05, 0) is 45.9 Å². The number of piperazine rings is 1. The van der Waals surface area contributed by atoms with Crippen LogP contribution in [0.25, 0.3) is 10.9 Å². The number of amides is 2. The number of alkyl halides is 2. The lowest BCUT2D eigenvalue weighted by Gasteiger charge is -2.37. The third-order valence-corrected chi connectivity index (χ3v) is 7.27. The molecule has 0 unspecified atom stereocenters. The maximum atomic E-state index is 13.6. The van der Waals surface area contributed by atoms with Crippen LogP contribution in [0.3, 0.4) is 0 Å². The van der Waals surface area contributed by atoms with E-state index in [9.17, 15) is 18.4 Å². The van der Waals surface area contributed by atoms with Gasteiger partial charge in [0.2, 0.25) is 0 Å². The van der Waals surface area contributed by atoms with Crippen molar-refractivity contribution in [3.8, 4) is 0 Å². The molecule has 1 aromatic heterocycles. The second kappa shape index (κ2) is 9.46. The van der Waals surface area contributed by atoms with E-state index in [0.717, 1.165) is 13.1 Å². The van der Waals surface area contributed by atoms with Crippen molar-refractivity contribution in [3.05, 3.63) is 34.5 Å². The van der Waals surface area contributed by atoms with Crippen LogP contribution < -0.4 is 0 Å². The molecule has 2 saturated heterocycles. The maximum absolute atomic E-state index is 13.6. The molecule has 0 radical (unpaired) electrons. The summed E-state index contributed by atoms with van der Waals surface area (Å²) in [7, 11) is 0. The predicted octanol–water partition coefficient (Wildman–Crippen LogP) is 4.91. The van der Waals surface area contributed by atoms with Gasteiger partial charge < -0.3 is 14.4 Å². The van der Waals surface area contributed by atoms with Crippen molar-refractivity contribution in [1.82, 2.24) is 19.3 Å². The molecule has 6 nitrogen and oxygen atoms in total. The number of nitrogens with zero attached hydrogens (tertiary/aromatic N) is 4. The lowest BCUT2D eigenvalue weighted by molar-refractivity contribution is -0.0495. The van der Waals surface area contributed by atoms with Crippen molar-refractivity contribution >= 4 is 34.3 Å². The first-order chi connectivity index (χ1) is 16.0. The fourth-order valence-corrected chi connectivity index (χ4v) is 5.29. The number of benzene rings is 1. The van der Waals surface area contributed by atoms with E-state index in [1.54, 1.807) is 18.2 Å². The summed E-state index contributed by atoms with van der Waals surface area (Å²) < 4.78 is 29.1. The predicted molar refractivity (Wildman–Crippen MR) is 130 cm³/mol. The van der Waals surface area contributed by atoms with Gasteiger partial charge in [-0.1, -0.05) is 11.6 Å². The number of halogens is 3. The number of rotatable bonds is 4. The zero-order chi connectivity index (χ0) is 24.8. The number of fused-ring (bicyclic) bond motifs is 1. The molecule has 2 fully saturated rings. The van der Waals surface area contributed by atoms with Crippen molar-refractivity contribution in [1.29, 1.82) is 0 Å².